The molecule has 7 heteroatoms. The Kier molecular flexibility index (Phi) is 5.50. The molecule has 0 aliphatic carbocycles. The van der Waals surface area contributed by atoms with Gasteiger partial charge in [-0.15, -0.1) is 0 Å². The van der Waals surface area contributed by atoms with Gasteiger partial charge in [-0.05, 0) is 67.7 Å². The van der Waals surface area contributed by atoms with E-state index in [9.17, 15) is 14.4 Å². The summed E-state index contributed by atoms with van der Waals surface area (Å²) in [7, 11) is 2.10. The summed E-state index contributed by atoms with van der Waals surface area (Å²) in [5.41, 5.74) is 4.08. The molecular weight excluding hydrogens is 404 g/mol. The average molecular weight is 433 g/mol. The minimum Gasteiger partial charge on any atom is -0.369 e. The number of rotatable bonds is 4. The SMILES string of the molecule is CC1CC(C)(C)N(C)c2ccc(/C=C3/NC(=O)N(CC(=O)Nc4ccccc4)C3=O)cc21. The first-order valence-corrected chi connectivity index (χ1v) is 10.7. The second kappa shape index (κ2) is 8.15. The molecule has 2 N–H and O–H groups in total. The van der Waals surface area contributed by atoms with Gasteiger partial charge in [-0.25, -0.2) is 9.69 Å². The van der Waals surface area contributed by atoms with Crippen molar-refractivity contribution in [3.05, 3.63) is 65.4 Å². The van der Waals surface area contributed by atoms with Crippen LogP contribution in [0.3, 0.4) is 0 Å². The topological polar surface area (TPSA) is 81.8 Å². The molecule has 0 bridgehead atoms. The van der Waals surface area contributed by atoms with E-state index in [-0.39, 0.29) is 17.8 Å². The number of para-hydroxylation sites is 1. The van der Waals surface area contributed by atoms with E-state index in [1.807, 2.05) is 12.1 Å². The van der Waals surface area contributed by atoms with Gasteiger partial charge in [0.1, 0.15) is 12.2 Å². The molecule has 2 aliphatic heterocycles. The van der Waals surface area contributed by atoms with Crippen LogP contribution in [-0.4, -0.2) is 41.9 Å². The highest BCUT2D eigenvalue weighted by molar-refractivity contribution is 6.16. The predicted octanol–water partition coefficient (Wildman–Crippen LogP) is 3.94. The molecule has 2 aromatic carbocycles. The lowest BCUT2D eigenvalue weighted by Gasteiger charge is -2.45. The van der Waals surface area contributed by atoms with Crippen molar-refractivity contribution in [3.63, 3.8) is 0 Å². The number of carbonyl (C=O) groups is 3. The van der Waals surface area contributed by atoms with Crippen LogP contribution in [0, 0.1) is 0 Å². The smallest absolute Gasteiger partial charge is 0.329 e. The third-order valence-corrected chi connectivity index (χ3v) is 6.29. The minimum absolute atomic E-state index is 0.0720. The second-order valence-corrected chi connectivity index (χ2v) is 9.09. The van der Waals surface area contributed by atoms with Crippen LogP contribution in [0.15, 0.2) is 54.2 Å². The van der Waals surface area contributed by atoms with Gasteiger partial charge >= 0.3 is 6.03 Å². The maximum absolute atomic E-state index is 12.8. The number of carbonyl (C=O) groups excluding carboxylic acids is 3. The van der Waals surface area contributed by atoms with E-state index in [1.165, 1.54) is 11.3 Å². The summed E-state index contributed by atoms with van der Waals surface area (Å²) >= 11 is 0. The molecule has 0 spiro atoms. The lowest BCUT2D eigenvalue weighted by Crippen LogP contribution is -2.45. The number of benzene rings is 2. The number of amides is 4. The van der Waals surface area contributed by atoms with Crippen LogP contribution in [0.25, 0.3) is 6.08 Å². The predicted molar refractivity (Wildman–Crippen MR) is 125 cm³/mol. The normalized spacial score (nSPS) is 20.9. The highest BCUT2D eigenvalue weighted by Crippen LogP contribution is 2.42. The zero-order valence-corrected chi connectivity index (χ0v) is 18.8. The molecule has 1 fully saturated rings. The van der Waals surface area contributed by atoms with E-state index < -0.39 is 17.8 Å². The molecule has 0 aromatic heterocycles. The van der Waals surface area contributed by atoms with E-state index in [2.05, 4.69) is 55.5 Å². The number of anilines is 2. The van der Waals surface area contributed by atoms with Gasteiger partial charge in [0, 0.05) is 24.0 Å². The number of hydrogen-bond acceptors (Lipinski definition) is 4. The molecule has 1 saturated heterocycles. The number of nitrogens with zero attached hydrogens (tertiary/aromatic N) is 2. The second-order valence-electron chi connectivity index (χ2n) is 9.09. The Morgan fingerprint density at radius 2 is 1.91 bits per heavy atom. The van der Waals surface area contributed by atoms with E-state index in [0.717, 1.165) is 16.9 Å². The van der Waals surface area contributed by atoms with Gasteiger partial charge in [-0.2, -0.15) is 0 Å². The van der Waals surface area contributed by atoms with Crippen molar-refractivity contribution < 1.29 is 14.4 Å². The number of fused-ring (bicyclic) bond motifs is 1. The van der Waals surface area contributed by atoms with E-state index in [1.54, 1.807) is 30.3 Å². The quantitative estimate of drug-likeness (QED) is 0.566. The molecule has 0 saturated carbocycles. The number of imide groups is 1. The highest BCUT2D eigenvalue weighted by atomic mass is 16.2. The van der Waals surface area contributed by atoms with Gasteiger partial charge in [0.15, 0.2) is 0 Å². The van der Waals surface area contributed by atoms with Crippen molar-refractivity contribution in [1.82, 2.24) is 10.2 Å². The summed E-state index contributed by atoms with van der Waals surface area (Å²) < 4.78 is 0. The van der Waals surface area contributed by atoms with Crippen molar-refractivity contribution in [2.24, 2.45) is 0 Å². The van der Waals surface area contributed by atoms with Crippen LogP contribution in [-0.2, 0) is 9.59 Å². The summed E-state index contributed by atoms with van der Waals surface area (Å²) in [5, 5.41) is 5.28. The molecule has 1 atom stereocenters. The largest absolute Gasteiger partial charge is 0.369 e. The van der Waals surface area contributed by atoms with Crippen LogP contribution in [0.2, 0.25) is 0 Å². The lowest BCUT2D eigenvalue weighted by atomic mass is 9.80. The van der Waals surface area contributed by atoms with E-state index in [0.29, 0.717) is 11.6 Å². The van der Waals surface area contributed by atoms with Crippen molar-refractivity contribution in [3.8, 4) is 0 Å². The number of hydrogen-bond donors (Lipinski definition) is 2. The molecule has 4 amide bonds. The first-order chi connectivity index (χ1) is 15.2. The molecule has 2 heterocycles. The Balaban J connectivity index is 1.51. The Labute approximate surface area is 188 Å². The standard InChI is InChI=1S/C25H28N4O3/c1-16-14-25(2,3)28(4)21-11-10-17(12-19(16)21)13-20-23(31)29(24(32)27-20)15-22(30)26-18-8-6-5-7-9-18/h5-13,16H,14-15H2,1-4H3,(H,26,30)(H,27,32)/b20-13+. The fourth-order valence-electron chi connectivity index (χ4n) is 4.43. The molecule has 4 rings (SSSR count). The summed E-state index contributed by atoms with van der Waals surface area (Å²) in [4.78, 5) is 40.6. The minimum atomic E-state index is -0.600. The number of urea groups is 1. The van der Waals surface area contributed by atoms with Crippen LogP contribution in [0.5, 0.6) is 0 Å². The Morgan fingerprint density at radius 1 is 1.19 bits per heavy atom. The van der Waals surface area contributed by atoms with Crippen LogP contribution in [0.4, 0.5) is 16.2 Å². The Bertz CT molecular complexity index is 1110. The van der Waals surface area contributed by atoms with Gasteiger partial charge in [-0.3, -0.25) is 9.59 Å². The van der Waals surface area contributed by atoms with E-state index in [4.69, 9.17) is 0 Å². The third-order valence-electron chi connectivity index (χ3n) is 6.29. The monoisotopic (exact) mass is 432 g/mol. The van der Waals surface area contributed by atoms with Crippen molar-refractivity contribution >= 4 is 35.3 Å². The Morgan fingerprint density at radius 3 is 2.62 bits per heavy atom. The first kappa shape index (κ1) is 21.6. The van der Waals surface area contributed by atoms with Crippen molar-refractivity contribution in [2.45, 2.75) is 38.6 Å². The van der Waals surface area contributed by atoms with Crippen molar-refractivity contribution in [2.75, 3.05) is 23.8 Å². The van der Waals surface area contributed by atoms with Crippen LogP contribution in [0.1, 0.15) is 44.2 Å². The fraction of sp³-hybridized carbons (Fsp3) is 0.320. The summed E-state index contributed by atoms with van der Waals surface area (Å²) in [5.74, 6) is -0.571. The molecule has 166 valence electrons. The summed E-state index contributed by atoms with van der Waals surface area (Å²) in [6.45, 7) is 6.33. The lowest BCUT2D eigenvalue weighted by molar-refractivity contribution is -0.127. The third kappa shape index (κ3) is 4.10. The van der Waals surface area contributed by atoms with Gasteiger partial charge in [0.2, 0.25) is 5.91 Å². The first-order valence-electron chi connectivity index (χ1n) is 10.7. The molecule has 2 aliphatic rings. The zero-order valence-electron chi connectivity index (χ0n) is 18.8. The van der Waals surface area contributed by atoms with Gasteiger partial charge < -0.3 is 15.5 Å². The Hall–Kier alpha value is -3.61. The molecule has 7 nitrogen and oxygen atoms in total. The van der Waals surface area contributed by atoms with Crippen LogP contribution >= 0.6 is 0 Å². The maximum atomic E-state index is 12.8. The molecule has 1 unspecified atom stereocenters. The summed E-state index contributed by atoms with van der Waals surface area (Å²) in [6, 6.07) is 14.4. The summed E-state index contributed by atoms with van der Waals surface area (Å²) in [6.07, 6.45) is 2.69. The van der Waals surface area contributed by atoms with Crippen LogP contribution < -0.4 is 15.5 Å². The molecular formula is C25H28N4O3. The molecule has 2 aromatic rings. The van der Waals surface area contributed by atoms with E-state index >= 15 is 0 Å². The van der Waals surface area contributed by atoms with Gasteiger partial charge in [0.05, 0.1) is 0 Å². The van der Waals surface area contributed by atoms with Gasteiger partial charge in [-0.1, -0.05) is 31.2 Å². The maximum Gasteiger partial charge on any atom is 0.329 e. The van der Waals surface area contributed by atoms with Gasteiger partial charge in [0.25, 0.3) is 5.91 Å². The highest BCUT2D eigenvalue weighted by Gasteiger charge is 2.36. The molecule has 0 radical (unpaired) electrons. The van der Waals surface area contributed by atoms with Crippen molar-refractivity contribution in [1.29, 1.82) is 0 Å². The average Bonchev–Trinajstić information content (AvgIpc) is 3.00. The fourth-order valence-corrected chi connectivity index (χ4v) is 4.43. The zero-order chi connectivity index (χ0) is 23.0. The number of nitrogens with one attached hydrogen (secondary N) is 2. The molecule has 32 heavy (non-hydrogen) atoms.